The van der Waals surface area contributed by atoms with Crippen LogP contribution in [-0.4, -0.2) is 31.7 Å². The summed E-state index contributed by atoms with van der Waals surface area (Å²) in [6, 6.07) is 9.60. The highest BCUT2D eigenvalue weighted by molar-refractivity contribution is 14.0. The van der Waals surface area contributed by atoms with Crippen LogP contribution in [0.15, 0.2) is 41.5 Å². The molecular weight excluding hydrogens is 431 g/mol. The summed E-state index contributed by atoms with van der Waals surface area (Å²) in [4.78, 5) is 8.97. The molecule has 0 aliphatic rings. The molecule has 1 heterocycles. The lowest BCUT2D eigenvalue weighted by Crippen LogP contribution is -2.30. The largest absolute Gasteiger partial charge is 0.493 e. The molecule has 0 radical (unpaired) electrons. The van der Waals surface area contributed by atoms with Gasteiger partial charge in [-0.1, -0.05) is 6.07 Å². The SMILES string of the molecule is CCNC(=NCc1ncccc1C)Nc1ccc(OC)c(OC)c1.I. The third-order valence-corrected chi connectivity index (χ3v) is 3.50. The zero-order chi connectivity index (χ0) is 17.4. The van der Waals surface area contributed by atoms with Gasteiger partial charge in [-0.2, -0.15) is 0 Å². The highest BCUT2D eigenvalue weighted by atomic mass is 127. The number of guanidine groups is 1. The molecule has 0 fully saturated rings. The minimum atomic E-state index is 0. The maximum atomic E-state index is 5.33. The second kappa shape index (κ2) is 10.8. The number of hydrogen-bond acceptors (Lipinski definition) is 4. The highest BCUT2D eigenvalue weighted by Gasteiger charge is 2.06. The van der Waals surface area contributed by atoms with Crippen LogP contribution in [0.4, 0.5) is 5.69 Å². The lowest BCUT2D eigenvalue weighted by atomic mass is 10.2. The molecule has 25 heavy (non-hydrogen) atoms. The summed E-state index contributed by atoms with van der Waals surface area (Å²) >= 11 is 0. The number of nitrogens with one attached hydrogen (secondary N) is 2. The molecule has 0 unspecified atom stereocenters. The zero-order valence-corrected chi connectivity index (χ0v) is 17.3. The van der Waals surface area contributed by atoms with Gasteiger partial charge in [-0.25, -0.2) is 4.99 Å². The first-order valence-electron chi connectivity index (χ1n) is 7.85. The number of hydrogen-bond donors (Lipinski definition) is 2. The molecule has 2 aromatic rings. The standard InChI is InChI=1S/C18H24N4O2.HI/c1-5-19-18(21-12-15-13(2)7-6-10-20-15)22-14-8-9-16(23-3)17(11-14)24-4;/h6-11H,5,12H2,1-4H3,(H2,19,21,22);1H. The second-order valence-corrected chi connectivity index (χ2v) is 5.16. The molecular formula is C18H25IN4O2. The summed E-state index contributed by atoms with van der Waals surface area (Å²) in [6.45, 7) is 5.33. The topological polar surface area (TPSA) is 67.8 Å². The van der Waals surface area contributed by atoms with Gasteiger partial charge in [-0.15, -0.1) is 24.0 Å². The number of methoxy groups -OCH3 is 2. The number of nitrogens with zero attached hydrogens (tertiary/aromatic N) is 2. The molecule has 1 aromatic carbocycles. The number of pyridine rings is 1. The van der Waals surface area contributed by atoms with Gasteiger partial charge in [0.1, 0.15) is 0 Å². The molecule has 2 N–H and O–H groups in total. The average Bonchev–Trinajstić information content (AvgIpc) is 2.61. The van der Waals surface area contributed by atoms with Crippen molar-refractivity contribution >= 4 is 35.6 Å². The van der Waals surface area contributed by atoms with Crippen LogP contribution in [0.2, 0.25) is 0 Å². The fraction of sp³-hybridized carbons (Fsp3) is 0.333. The van der Waals surface area contributed by atoms with E-state index in [1.165, 1.54) is 0 Å². The van der Waals surface area contributed by atoms with Crippen molar-refractivity contribution in [3.8, 4) is 11.5 Å². The Balaban J connectivity index is 0.00000312. The number of halogens is 1. The van der Waals surface area contributed by atoms with Gasteiger partial charge in [0.15, 0.2) is 17.5 Å². The van der Waals surface area contributed by atoms with Crippen LogP contribution in [0.3, 0.4) is 0 Å². The van der Waals surface area contributed by atoms with E-state index in [2.05, 4.69) is 20.6 Å². The Morgan fingerprint density at radius 2 is 1.92 bits per heavy atom. The quantitative estimate of drug-likeness (QED) is 0.395. The number of anilines is 1. The third-order valence-electron chi connectivity index (χ3n) is 3.50. The summed E-state index contributed by atoms with van der Waals surface area (Å²) < 4.78 is 10.6. The molecule has 136 valence electrons. The van der Waals surface area contributed by atoms with E-state index in [0.717, 1.165) is 23.5 Å². The molecule has 0 amide bonds. The molecule has 0 saturated heterocycles. The summed E-state index contributed by atoms with van der Waals surface area (Å²) in [5, 5.41) is 6.50. The normalized spacial score (nSPS) is 10.6. The highest BCUT2D eigenvalue weighted by Crippen LogP contribution is 2.29. The number of ether oxygens (including phenoxy) is 2. The lowest BCUT2D eigenvalue weighted by Gasteiger charge is -2.14. The van der Waals surface area contributed by atoms with Crippen LogP contribution < -0.4 is 20.1 Å². The second-order valence-electron chi connectivity index (χ2n) is 5.16. The molecule has 0 saturated carbocycles. The van der Waals surface area contributed by atoms with E-state index < -0.39 is 0 Å². The summed E-state index contributed by atoms with van der Waals surface area (Å²) in [6.07, 6.45) is 1.78. The first-order chi connectivity index (χ1) is 11.7. The average molecular weight is 456 g/mol. The summed E-state index contributed by atoms with van der Waals surface area (Å²) in [5.41, 5.74) is 2.95. The van der Waals surface area contributed by atoms with Crippen molar-refractivity contribution < 1.29 is 9.47 Å². The van der Waals surface area contributed by atoms with Crippen molar-refractivity contribution in [2.24, 2.45) is 4.99 Å². The predicted octanol–water partition coefficient (Wildman–Crippen LogP) is 3.60. The van der Waals surface area contributed by atoms with Gasteiger partial charge in [0, 0.05) is 24.5 Å². The Hall–Kier alpha value is -2.03. The van der Waals surface area contributed by atoms with Gasteiger partial charge in [0.25, 0.3) is 0 Å². The van der Waals surface area contributed by atoms with Crippen molar-refractivity contribution in [1.82, 2.24) is 10.3 Å². The molecule has 0 aliphatic heterocycles. The molecule has 7 heteroatoms. The van der Waals surface area contributed by atoms with Gasteiger partial charge >= 0.3 is 0 Å². The summed E-state index contributed by atoms with van der Waals surface area (Å²) in [7, 11) is 3.23. The fourth-order valence-corrected chi connectivity index (χ4v) is 2.20. The Kier molecular flexibility index (Phi) is 9.04. The Labute approximate surface area is 166 Å². The van der Waals surface area contributed by atoms with Crippen molar-refractivity contribution in [2.45, 2.75) is 20.4 Å². The van der Waals surface area contributed by atoms with E-state index in [0.29, 0.717) is 24.0 Å². The first-order valence-corrected chi connectivity index (χ1v) is 7.85. The van der Waals surface area contributed by atoms with Crippen LogP contribution in [-0.2, 0) is 6.54 Å². The molecule has 1 aromatic heterocycles. The van der Waals surface area contributed by atoms with Crippen molar-refractivity contribution in [2.75, 3.05) is 26.1 Å². The number of benzene rings is 1. The molecule has 0 atom stereocenters. The maximum absolute atomic E-state index is 5.33. The zero-order valence-electron chi connectivity index (χ0n) is 15.0. The Bertz CT molecular complexity index is 707. The van der Waals surface area contributed by atoms with Crippen molar-refractivity contribution in [3.63, 3.8) is 0 Å². The third kappa shape index (κ3) is 6.08. The van der Waals surface area contributed by atoms with Gasteiger partial charge in [-0.05, 0) is 37.6 Å². The minimum Gasteiger partial charge on any atom is -0.493 e. The number of aryl methyl sites for hydroxylation is 1. The van der Waals surface area contributed by atoms with Crippen LogP contribution in [0, 0.1) is 6.92 Å². The monoisotopic (exact) mass is 456 g/mol. The lowest BCUT2D eigenvalue weighted by molar-refractivity contribution is 0.355. The van der Waals surface area contributed by atoms with Crippen LogP contribution in [0.25, 0.3) is 0 Å². The van der Waals surface area contributed by atoms with E-state index in [9.17, 15) is 0 Å². The minimum absolute atomic E-state index is 0. The molecule has 0 aliphatic carbocycles. The number of aliphatic imine (C=N–C) groups is 1. The summed E-state index contributed by atoms with van der Waals surface area (Å²) in [5.74, 6) is 2.04. The number of aromatic nitrogens is 1. The fourth-order valence-electron chi connectivity index (χ4n) is 2.20. The predicted molar refractivity (Wildman–Crippen MR) is 112 cm³/mol. The molecule has 6 nitrogen and oxygen atoms in total. The Morgan fingerprint density at radius 3 is 2.56 bits per heavy atom. The molecule has 0 spiro atoms. The van der Waals surface area contributed by atoms with E-state index in [-0.39, 0.29) is 24.0 Å². The van der Waals surface area contributed by atoms with E-state index in [1.54, 1.807) is 20.4 Å². The van der Waals surface area contributed by atoms with Crippen LogP contribution in [0.1, 0.15) is 18.2 Å². The van der Waals surface area contributed by atoms with Crippen molar-refractivity contribution in [1.29, 1.82) is 0 Å². The first kappa shape index (κ1) is 21.0. The number of rotatable bonds is 6. The van der Waals surface area contributed by atoms with Gasteiger partial charge in [0.05, 0.1) is 26.5 Å². The Morgan fingerprint density at radius 1 is 1.16 bits per heavy atom. The van der Waals surface area contributed by atoms with Gasteiger partial charge in [-0.3, -0.25) is 4.98 Å². The molecule has 0 bridgehead atoms. The van der Waals surface area contributed by atoms with E-state index >= 15 is 0 Å². The maximum Gasteiger partial charge on any atom is 0.196 e. The van der Waals surface area contributed by atoms with E-state index in [4.69, 9.17) is 9.47 Å². The van der Waals surface area contributed by atoms with Crippen LogP contribution in [0.5, 0.6) is 11.5 Å². The van der Waals surface area contributed by atoms with Gasteiger partial charge in [0.2, 0.25) is 0 Å². The molecule has 2 rings (SSSR count). The van der Waals surface area contributed by atoms with E-state index in [1.807, 2.05) is 44.2 Å². The van der Waals surface area contributed by atoms with Crippen molar-refractivity contribution in [3.05, 3.63) is 47.8 Å². The smallest absolute Gasteiger partial charge is 0.196 e. The van der Waals surface area contributed by atoms with Crippen LogP contribution >= 0.6 is 24.0 Å². The van der Waals surface area contributed by atoms with Gasteiger partial charge < -0.3 is 20.1 Å².